The van der Waals surface area contributed by atoms with Gasteiger partial charge in [-0.05, 0) is 23.7 Å². The van der Waals surface area contributed by atoms with Crippen LogP contribution in [0.15, 0.2) is 30.3 Å². The van der Waals surface area contributed by atoms with E-state index in [-0.39, 0.29) is 16.3 Å². The number of benzene rings is 1. The number of nitrogens with one attached hydrogen (secondary N) is 1. The molecule has 22 heavy (non-hydrogen) atoms. The van der Waals surface area contributed by atoms with Crippen LogP contribution in [0.5, 0.6) is 5.75 Å². The number of alkyl halides is 3. The lowest BCUT2D eigenvalue weighted by atomic mass is 10.2. The zero-order chi connectivity index (χ0) is 16.3. The van der Waals surface area contributed by atoms with Crippen LogP contribution in [0.2, 0.25) is 0 Å². The first-order valence-electron chi connectivity index (χ1n) is 5.90. The lowest BCUT2D eigenvalue weighted by Crippen LogP contribution is -2.14. The highest BCUT2D eigenvalue weighted by Crippen LogP contribution is 2.32. The molecule has 0 bridgehead atoms. The number of esters is 1. The van der Waals surface area contributed by atoms with E-state index in [1.165, 1.54) is 25.1 Å². The van der Waals surface area contributed by atoms with Crippen molar-refractivity contribution in [3.05, 3.63) is 41.6 Å². The number of rotatable bonds is 3. The number of ether oxygens (including phenoxy) is 1. The lowest BCUT2D eigenvalue weighted by molar-refractivity contribution is -0.140. The van der Waals surface area contributed by atoms with E-state index in [4.69, 9.17) is 4.74 Å². The molecule has 0 aliphatic heterocycles. The van der Waals surface area contributed by atoms with Gasteiger partial charge < -0.3 is 10.1 Å². The highest BCUT2D eigenvalue weighted by Gasteiger charge is 2.34. The Labute approximate surface area is 126 Å². The summed E-state index contributed by atoms with van der Waals surface area (Å²) in [5, 5.41) is 2.23. The molecule has 0 fully saturated rings. The van der Waals surface area contributed by atoms with E-state index >= 15 is 0 Å². The second kappa shape index (κ2) is 6.14. The number of halogens is 3. The van der Waals surface area contributed by atoms with Crippen molar-refractivity contribution in [3.8, 4) is 5.75 Å². The minimum atomic E-state index is -4.57. The third-order valence-corrected chi connectivity index (χ3v) is 3.13. The van der Waals surface area contributed by atoms with Gasteiger partial charge in [-0.15, -0.1) is 0 Å². The summed E-state index contributed by atoms with van der Waals surface area (Å²) in [4.78, 5) is 23.0. The van der Waals surface area contributed by atoms with Crippen molar-refractivity contribution in [2.24, 2.45) is 0 Å². The number of hydrogen-bond acceptors (Lipinski definition) is 5. The maximum atomic E-state index is 12.4. The van der Waals surface area contributed by atoms with Gasteiger partial charge in [0.25, 0.3) is 5.91 Å². The van der Waals surface area contributed by atoms with E-state index in [0.717, 1.165) is 6.07 Å². The van der Waals surface area contributed by atoms with E-state index < -0.39 is 23.7 Å². The van der Waals surface area contributed by atoms with Crippen LogP contribution in [0.3, 0.4) is 0 Å². The summed E-state index contributed by atoms with van der Waals surface area (Å²) in [6.07, 6.45) is -4.57. The summed E-state index contributed by atoms with van der Waals surface area (Å²) < 4.78 is 45.4. The van der Waals surface area contributed by atoms with Crippen LogP contribution in [0.25, 0.3) is 0 Å². The molecule has 1 amide bonds. The molecule has 1 heterocycles. The standard InChI is InChI=1S/C13H9F3N2O3S/c1-7(19)21-9-5-3-2-4-8(9)12(20)17-11-6-10(18-22-11)13(14,15)16/h2-6H,1H3,(H,17,20). The Kier molecular flexibility index (Phi) is 4.45. The number of para-hydroxylation sites is 1. The first-order chi connectivity index (χ1) is 10.3. The molecular weight excluding hydrogens is 321 g/mol. The highest BCUT2D eigenvalue weighted by atomic mass is 32.1. The zero-order valence-electron chi connectivity index (χ0n) is 11.1. The van der Waals surface area contributed by atoms with Gasteiger partial charge in [0, 0.05) is 13.0 Å². The van der Waals surface area contributed by atoms with Gasteiger partial charge in [-0.3, -0.25) is 9.59 Å². The Morgan fingerprint density at radius 2 is 1.95 bits per heavy atom. The normalized spacial score (nSPS) is 11.1. The Morgan fingerprint density at radius 3 is 2.55 bits per heavy atom. The molecule has 1 aromatic heterocycles. The van der Waals surface area contributed by atoms with Crippen molar-refractivity contribution < 1.29 is 27.5 Å². The number of nitrogens with zero attached hydrogens (tertiary/aromatic N) is 1. The molecule has 0 atom stereocenters. The summed E-state index contributed by atoms with van der Waals surface area (Å²) >= 11 is 0.509. The number of carbonyl (C=O) groups is 2. The van der Waals surface area contributed by atoms with Crippen molar-refractivity contribution >= 4 is 28.4 Å². The maximum absolute atomic E-state index is 12.4. The van der Waals surface area contributed by atoms with Crippen LogP contribution >= 0.6 is 11.5 Å². The van der Waals surface area contributed by atoms with E-state index in [1.54, 1.807) is 6.07 Å². The quantitative estimate of drug-likeness (QED) is 0.692. The molecule has 1 aromatic carbocycles. The smallest absolute Gasteiger partial charge is 0.426 e. The SMILES string of the molecule is CC(=O)Oc1ccccc1C(=O)Nc1cc(C(F)(F)F)ns1. The predicted octanol–water partition coefficient (Wildman–Crippen LogP) is 3.34. The third kappa shape index (κ3) is 3.82. The summed E-state index contributed by atoms with van der Waals surface area (Å²) in [6.45, 7) is 1.17. The number of amides is 1. The highest BCUT2D eigenvalue weighted by molar-refractivity contribution is 7.10. The van der Waals surface area contributed by atoms with Crippen molar-refractivity contribution in [3.63, 3.8) is 0 Å². The van der Waals surface area contributed by atoms with Gasteiger partial charge >= 0.3 is 12.1 Å². The van der Waals surface area contributed by atoms with Crippen molar-refractivity contribution in [2.75, 3.05) is 5.32 Å². The fourth-order valence-electron chi connectivity index (χ4n) is 1.55. The molecule has 9 heteroatoms. The van der Waals surface area contributed by atoms with Gasteiger partial charge in [-0.2, -0.15) is 17.5 Å². The van der Waals surface area contributed by atoms with E-state index in [0.29, 0.717) is 11.5 Å². The average Bonchev–Trinajstić information content (AvgIpc) is 2.87. The van der Waals surface area contributed by atoms with Crippen LogP contribution in [0, 0.1) is 0 Å². The minimum Gasteiger partial charge on any atom is -0.426 e. The molecule has 0 aliphatic rings. The summed E-state index contributed by atoms with van der Waals surface area (Å²) in [7, 11) is 0. The largest absolute Gasteiger partial charge is 0.434 e. The third-order valence-electron chi connectivity index (χ3n) is 2.42. The summed E-state index contributed by atoms with van der Waals surface area (Å²) in [6, 6.07) is 6.62. The van der Waals surface area contributed by atoms with Crippen LogP contribution in [-0.2, 0) is 11.0 Å². The van der Waals surface area contributed by atoms with Crippen molar-refractivity contribution in [1.29, 1.82) is 0 Å². The summed E-state index contributed by atoms with van der Waals surface area (Å²) in [5.41, 5.74) is -1.05. The van der Waals surface area contributed by atoms with E-state index in [1.807, 2.05) is 0 Å². The number of aromatic nitrogens is 1. The van der Waals surface area contributed by atoms with Crippen LogP contribution in [0.4, 0.5) is 18.2 Å². The molecule has 116 valence electrons. The van der Waals surface area contributed by atoms with Crippen molar-refractivity contribution in [2.45, 2.75) is 13.1 Å². The number of carbonyl (C=O) groups excluding carboxylic acids is 2. The topological polar surface area (TPSA) is 68.3 Å². The van der Waals surface area contributed by atoms with Gasteiger partial charge in [0.2, 0.25) is 0 Å². The molecule has 2 aromatic rings. The van der Waals surface area contributed by atoms with Gasteiger partial charge in [0.1, 0.15) is 10.8 Å². The first-order valence-corrected chi connectivity index (χ1v) is 6.67. The van der Waals surface area contributed by atoms with Gasteiger partial charge in [0.15, 0.2) is 5.69 Å². The van der Waals surface area contributed by atoms with Crippen LogP contribution in [0.1, 0.15) is 23.0 Å². The monoisotopic (exact) mass is 330 g/mol. The molecule has 0 aliphatic carbocycles. The lowest BCUT2D eigenvalue weighted by Gasteiger charge is -2.08. The Morgan fingerprint density at radius 1 is 1.27 bits per heavy atom. The number of hydrogen-bond donors (Lipinski definition) is 1. The average molecular weight is 330 g/mol. The zero-order valence-corrected chi connectivity index (χ0v) is 11.9. The number of anilines is 1. The Bertz CT molecular complexity index is 713. The minimum absolute atomic E-state index is 0.0214. The van der Waals surface area contributed by atoms with E-state index in [9.17, 15) is 22.8 Å². The molecule has 5 nitrogen and oxygen atoms in total. The fourth-order valence-corrected chi connectivity index (χ4v) is 2.20. The van der Waals surface area contributed by atoms with Crippen LogP contribution < -0.4 is 10.1 Å². The molecular formula is C13H9F3N2O3S. The van der Waals surface area contributed by atoms with Gasteiger partial charge in [-0.1, -0.05) is 12.1 Å². The van der Waals surface area contributed by atoms with Gasteiger partial charge in [0.05, 0.1) is 5.56 Å². The molecule has 0 unspecified atom stereocenters. The molecule has 0 spiro atoms. The maximum Gasteiger partial charge on any atom is 0.434 e. The van der Waals surface area contributed by atoms with E-state index in [2.05, 4.69) is 9.69 Å². The molecule has 0 radical (unpaired) electrons. The Balaban J connectivity index is 2.19. The fraction of sp³-hybridized carbons (Fsp3) is 0.154. The second-order valence-corrected chi connectivity index (χ2v) is 4.92. The van der Waals surface area contributed by atoms with Crippen molar-refractivity contribution in [1.82, 2.24) is 4.37 Å². The van der Waals surface area contributed by atoms with Crippen LogP contribution in [-0.4, -0.2) is 16.3 Å². The molecule has 2 rings (SSSR count). The van der Waals surface area contributed by atoms with Gasteiger partial charge in [-0.25, -0.2) is 0 Å². The second-order valence-electron chi connectivity index (χ2n) is 4.12. The summed E-state index contributed by atoms with van der Waals surface area (Å²) in [5.74, 6) is -1.29. The Hall–Kier alpha value is -2.42. The molecule has 1 N–H and O–H groups in total. The first kappa shape index (κ1) is 16.0. The molecule has 0 saturated heterocycles. The molecule has 0 saturated carbocycles. The predicted molar refractivity (Wildman–Crippen MR) is 72.8 cm³/mol.